The van der Waals surface area contributed by atoms with E-state index in [1.165, 1.54) is 0 Å². The summed E-state index contributed by atoms with van der Waals surface area (Å²) in [6.45, 7) is 2.63. The van der Waals surface area contributed by atoms with Crippen LogP contribution in [0.15, 0.2) is 23.2 Å². The normalized spacial score (nSPS) is 21.5. The summed E-state index contributed by atoms with van der Waals surface area (Å²) in [5.74, 6) is 2.47. The Kier molecular flexibility index (Phi) is 10.4. The third kappa shape index (κ3) is 7.02. The maximum atomic E-state index is 12.1. The zero-order chi connectivity index (χ0) is 18.2. The highest BCUT2D eigenvalue weighted by Crippen LogP contribution is 2.23. The molecule has 1 aliphatic rings. The van der Waals surface area contributed by atoms with Crippen LogP contribution in [0, 0.1) is 0 Å². The standard InChI is InChI=1S/C18H31N5OS.HI/c1-5-25(24)16-10-6-8-14(12-16)22-18(19-2)20-13-15-9-7-11-17(21-15)23(3)4;/h7,9,11,14,16H,5-6,8,10,12-13H2,1-4H3,(H2,19,20,22);1H. The zero-order valence-corrected chi connectivity index (χ0v) is 19.3. The minimum Gasteiger partial charge on any atom is -0.363 e. The molecule has 0 amide bonds. The molecule has 1 aromatic heterocycles. The summed E-state index contributed by atoms with van der Waals surface area (Å²) in [6, 6.07) is 6.35. The summed E-state index contributed by atoms with van der Waals surface area (Å²) in [5, 5.41) is 7.14. The van der Waals surface area contributed by atoms with E-state index in [-0.39, 0.29) is 24.0 Å². The molecule has 1 aromatic rings. The van der Waals surface area contributed by atoms with Gasteiger partial charge in [0.15, 0.2) is 5.96 Å². The fraction of sp³-hybridized carbons (Fsp3) is 0.667. The molecule has 148 valence electrons. The average Bonchev–Trinajstić information content (AvgIpc) is 2.64. The number of nitrogens with one attached hydrogen (secondary N) is 2. The Balaban J connectivity index is 0.00000338. The van der Waals surface area contributed by atoms with Gasteiger partial charge in [-0.05, 0) is 31.4 Å². The van der Waals surface area contributed by atoms with Crippen molar-refractivity contribution in [1.82, 2.24) is 15.6 Å². The molecule has 2 N–H and O–H groups in total. The maximum Gasteiger partial charge on any atom is 0.191 e. The fourth-order valence-electron chi connectivity index (χ4n) is 3.13. The second-order valence-electron chi connectivity index (χ2n) is 6.61. The lowest BCUT2D eigenvalue weighted by atomic mass is 9.95. The molecule has 3 atom stereocenters. The number of anilines is 1. The Labute approximate surface area is 177 Å². The van der Waals surface area contributed by atoms with E-state index in [1.807, 2.05) is 44.1 Å². The second-order valence-corrected chi connectivity index (χ2v) is 8.61. The molecule has 0 aromatic carbocycles. The quantitative estimate of drug-likeness (QED) is 0.362. The summed E-state index contributed by atoms with van der Waals surface area (Å²) in [7, 11) is 5.05. The van der Waals surface area contributed by atoms with Crippen LogP contribution in [0.5, 0.6) is 0 Å². The first-order valence-electron chi connectivity index (χ1n) is 9.01. The third-order valence-corrected chi connectivity index (χ3v) is 6.27. The topological polar surface area (TPSA) is 69.6 Å². The van der Waals surface area contributed by atoms with Crippen LogP contribution < -0.4 is 15.5 Å². The number of guanidine groups is 1. The number of aliphatic imine (C=N–C) groups is 1. The summed E-state index contributed by atoms with van der Waals surface area (Å²) >= 11 is 0. The Bertz CT molecular complexity index is 611. The molecule has 1 aliphatic carbocycles. The Hall–Kier alpha value is -0.900. The van der Waals surface area contributed by atoms with Gasteiger partial charge in [0, 0.05) is 49.0 Å². The summed E-state index contributed by atoms with van der Waals surface area (Å²) in [4.78, 5) is 10.9. The Morgan fingerprint density at radius 3 is 2.81 bits per heavy atom. The van der Waals surface area contributed by atoms with Gasteiger partial charge in [0.2, 0.25) is 0 Å². The van der Waals surface area contributed by atoms with Gasteiger partial charge < -0.3 is 15.5 Å². The minimum atomic E-state index is -0.706. The van der Waals surface area contributed by atoms with Crippen LogP contribution in [-0.4, -0.2) is 53.3 Å². The van der Waals surface area contributed by atoms with Crippen LogP contribution in [-0.2, 0) is 17.3 Å². The molecule has 0 spiro atoms. The van der Waals surface area contributed by atoms with Crippen molar-refractivity contribution in [1.29, 1.82) is 0 Å². The van der Waals surface area contributed by atoms with Gasteiger partial charge in [-0.2, -0.15) is 0 Å². The molecular formula is C18H32IN5OS. The largest absolute Gasteiger partial charge is 0.363 e. The van der Waals surface area contributed by atoms with E-state index in [4.69, 9.17) is 0 Å². The Morgan fingerprint density at radius 1 is 1.38 bits per heavy atom. The van der Waals surface area contributed by atoms with Gasteiger partial charge in [-0.3, -0.25) is 9.20 Å². The van der Waals surface area contributed by atoms with Gasteiger partial charge in [0.25, 0.3) is 0 Å². The highest BCUT2D eigenvalue weighted by molar-refractivity contribution is 14.0. The monoisotopic (exact) mass is 493 g/mol. The molecule has 1 fully saturated rings. The number of pyridine rings is 1. The van der Waals surface area contributed by atoms with Crippen molar-refractivity contribution in [2.24, 2.45) is 4.99 Å². The minimum absolute atomic E-state index is 0. The summed E-state index contributed by atoms with van der Waals surface area (Å²) in [6.07, 6.45) is 4.26. The number of hydrogen-bond donors (Lipinski definition) is 2. The molecule has 2 rings (SSSR count). The van der Waals surface area contributed by atoms with Crippen LogP contribution in [0.3, 0.4) is 0 Å². The number of rotatable bonds is 6. The lowest BCUT2D eigenvalue weighted by Crippen LogP contribution is -2.46. The molecule has 1 saturated carbocycles. The third-order valence-electron chi connectivity index (χ3n) is 4.53. The first-order chi connectivity index (χ1) is 12.0. The summed E-state index contributed by atoms with van der Waals surface area (Å²) in [5.41, 5.74) is 0.975. The number of hydrogen-bond acceptors (Lipinski definition) is 4. The Morgan fingerprint density at radius 2 is 2.15 bits per heavy atom. The lowest BCUT2D eigenvalue weighted by Gasteiger charge is -2.30. The van der Waals surface area contributed by atoms with E-state index in [0.717, 1.165) is 48.9 Å². The molecule has 0 radical (unpaired) electrons. The molecule has 8 heteroatoms. The molecule has 26 heavy (non-hydrogen) atoms. The van der Waals surface area contributed by atoms with E-state index < -0.39 is 10.8 Å². The maximum absolute atomic E-state index is 12.1. The number of halogens is 1. The van der Waals surface area contributed by atoms with Crippen molar-refractivity contribution in [3.05, 3.63) is 23.9 Å². The van der Waals surface area contributed by atoms with Crippen LogP contribution in [0.1, 0.15) is 38.3 Å². The van der Waals surface area contributed by atoms with Gasteiger partial charge in [-0.25, -0.2) is 4.98 Å². The predicted molar refractivity (Wildman–Crippen MR) is 122 cm³/mol. The van der Waals surface area contributed by atoms with Crippen molar-refractivity contribution >= 4 is 46.6 Å². The fourth-order valence-corrected chi connectivity index (χ4v) is 4.48. The molecule has 3 unspecified atom stereocenters. The van der Waals surface area contributed by atoms with E-state index in [0.29, 0.717) is 17.8 Å². The number of aromatic nitrogens is 1. The van der Waals surface area contributed by atoms with Crippen molar-refractivity contribution in [2.45, 2.75) is 50.4 Å². The van der Waals surface area contributed by atoms with E-state index in [9.17, 15) is 4.21 Å². The summed E-state index contributed by atoms with van der Waals surface area (Å²) < 4.78 is 12.1. The predicted octanol–water partition coefficient (Wildman–Crippen LogP) is 2.51. The van der Waals surface area contributed by atoms with Gasteiger partial charge in [-0.15, -0.1) is 24.0 Å². The van der Waals surface area contributed by atoms with Crippen molar-refractivity contribution in [3.8, 4) is 0 Å². The highest BCUT2D eigenvalue weighted by atomic mass is 127. The van der Waals surface area contributed by atoms with Gasteiger partial charge in [0.05, 0.1) is 12.2 Å². The van der Waals surface area contributed by atoms with Crippen LogP contribution >= 0.6 is 24.0 Å². The van der Waals surface area contributed by atoms with Crippen LogP contribution in [0.25, 0.3) is 0 Å². The van der Waals surface area contributed by atoms with Gasteiger partial charge in [-0.1, -0.05) is 19.4 Å². The first kappa shape index (κ1) is 23.1. The molecule has 0 aliphatic heterocycles. The smallest absolute Gasteiger partial charge is 0.191 e. The molecule has 0 saturated heterocycles. The van der Waals surface area contributed by atoms with Crippen LogP contribution in [0.2, 0.25) is 0 Å². The molecule has 6 nitrogen and oxygen atoms in total. The highest BCUT2D eigenvalue weighted by Gasteiger charge is 2.26. The first-order valence-corrected chi connectivity index (χ1v) is 10.4. The van der Waals surface area contributed by atoms with Crippen molar-refractivity contribution < 1.29 is 4.21 Å². The number of nitrogens with zero attached hydrogens (tertiary/aromatic N) is 3. The SMILES string of the molecule is CCS(=O)C1CCCC(NC(=NC)NCc2cccc(N(C)C)n2)C1.I. The van der Waals surface area contributed by atoms with Gasteiger partial charge in [0.1, 0.15) is 5.82 Å². The molecular weight excluding hydrogens is 461 g/mol. The van der Waals surface area contributed by atoms with Crippen molar-refractivity contribution in [2.75, 3.05) is 31.8 Å². The lowest BCUT2D eigenvalue weighted by molar-refractivity contribution is 0.413. The van der Waals surface area contributed by atoms with Crippen LogP contribution in [0.4, 0.5) is 5.82 Å². The molecule has 1 heterocycles. The zero-order valence-electron chi connectivity index (χ0n) is 16.2. The molecule has 0 bridgehead atoms. The average molecular weight is 493 g/mol. The second kappa shape index (κ2) is 11.7. The van der Waals surface area contributed by atoms with Crippen molar-refractivity contribution in [3.63, 3.8) is 0 Å². The van der Waals surface area contributed by atoms with E-state index in [1.54, 1.807) is 7.05 Å². The van der Waals surface area contributed by atoms with Gasteiger partial charge >= 0.3 is 0 Å². The van der Waals surface area contributed by atoms with E-state index >= 15 is 0 Å². The van der Waals surface area contributed by atoms with E-state index in [2.05, 4.69) is 20.6 Å².